The molecule has 5 atom stereocenters. The van der Waals surface area contributed by atoms with E-state index in [1.807, 2.05) is 39.0 Å². The van der Waals surface area contributed by atoms with Crippen LogP contribution in [0.1, 0.15) is 33.6 Å². The van der Waals surface area contributed by atoms with Crippen LogP contribution in [0.25, 0.3) is 0 Å². The van der Waals surface area contributed by atoms with E-state index in [9.17, 15) is 19.5 Å². The number of likely N-dealkylation sites (tertiary alicyclic amines) is 1. The number of esters is 1. The fraction of sp³-hybridized carbons (Fsp3) is 0.682. The number of fused-ring (bicyclic) bond motifs is 2. The Kier molecular flexibility index (Phi) is 5.26. The lowest BCUT2D eigenvalue weighted by Gasteiger charge is -2.38. The van der Waals surface area contributed by atoms with Gasteiger partial charge in [-0.3, -0.25) is 14.4 Å². The average Bonchev–Trinajstić information content (AvgIpc) is 2.98. The van der Waals surface area contributed by atoms with Crippen molar-refractivity contribution in [2.45, 2.75) is 56.9 Å². The number of aliphatic hydroxyl groups excluding tert-OH is 1. The molecular weight excluding hydrogens is 388 g/mol. The molecule has 0 aromatic carbocycles. The highest BCUT2D eigenvalue weighted by atomic mass is 16.6. The molecule has 0 radical (unpaired) electrons. The van der Waals surface area contributed by atoms with Crippen LogP contribution < -0.4 is 0 Å². The van der Waals surface area contributed by atoms with Gasteiger partial charge >= 0.3 is 5.97 Å². The van der Waals surface area contributed by atoms with Gasteiger partial charge in [-0.2, -0.15) is 0 Å². The summed E-state index contributed by atoms with van der Waals surface area (Å²) in [5.74, 6) is -2.61. The van der Waals surface area contributed by atoms with E-state index in [0.29, 0.717) is 19.4 Å². The molecule has 8 heteroatoms. The van der Waals surface area contributed by atoms with E-state index in [4.69, 9.17) is 9.47 Å². The minimum absolute atomic E-state index is 0.0528. The lowest BCUT2D eigenvalue weighted by molar-refractivity contribution is -0.159. The fourth-order valence-corrected chi connectivity index (χ4v) is 5.56. The van der Waals surface area contributed by atoms with Gasteiger partial charge in [-0.05, 0) is 32.8 Å². The quantitative estimate of drug-likeness (QED) is 0.520. The van der Waals surface area contributed by atoms with Gasteiger partial charge < -0.3 is 24.4 Å². The topological polar surface area (TPSA) is 96.4 Å². The molecule has 0 bridgehead atoms. The number of nitrogens with zero attached hydrogens (tertiary/aromatic N) is 2. The van der Waals surface area contributed by atoms with Crippen molar-refractivity contribution in [2.24, 2.45) is 11.8 Å². The van der Waals surface area contributed by atoms with Crippen molar-refractivity contribution < 1.29 is 29.0 Å². The molecule has 0 saturated carbocycles. The van der Waals surface area contributed by atoms with E-state index in [2.05, 4.69) is 0 Å². The van der Waals surface area contributed by atoms with Gasteiger partial charge in [0.1, 0.15) is 29.8 Å². The van der Waals surface area contributed by atoms with Crippen LogP contribution in [-0.4, -0.2) is 82.3 Å². The number of amides is 2. The van der Waals surface area contributed by atoms with Gasteiger partial charge in [0.2, 0.25) is 11.8 Å². The second-order valence-corrected chi connectivity index (χ2v) is 8.75. The molecule has 4 rings (SSSR count). The van der Waals surface area contributed by atoms with Gasteiger partial charge in [-0.15, -0.1) is 0 Å². The standard InChI is InChI=1S/C22H30N2O6/c1-4-21-8-6-13-29-20(28)16(21)15-18(26)24(11-7-12-25)17-19(27)23(14(2)3)10-5-9-22(15,17)30-21/h5-6,8-9,14-17,25H,4,7,10-13H2,1-3H3/t15-,16-,17?,21+,22-/m0/s1. The summed E-state index contributed by atoms with van der Waals surface area (Å²) in [4.78, 5) is 43.6. The van der Waals surface area contributed by atoms with Gasteiger partial charge in [0.15, 0.2) is 0 Å². The molecule has 0 aromatic rings. The van der Waals surface area contributed by atoms with Crippen molar-refractivity contribution in [2.75, 3.05) is 26.3 Å². The maximum atomic E-state index is 13.7. The predicted molar refractivity (Wildman–Crippen MR) is 107 cm³/mol. The molecule has 1 N–H and O–H groups in total. The molecule has 4 aliphatic heterocycles. The first-order valence-corrected chi connectivity index (χ1v) is 10.8. The Morgan fingerprint density at radius 1 is 1.17 bits per heavy atom. The smallest absolute Gasteiger partial charge is 0.313 e. The van der Waals surface area contributed by atoms with E-state index in [1.165, 1.54) is 4.90 Å². The summed E-state index contributed by atoms with van der Waals surface area (Å²) in [7, 11) is 0. The molecule has 1 unspecified atom stereocenters. The van der Waals surface area contributed by atoms with Crippen molar-refractivity contribution in [3.63, 3.8) is 0 Å². The van der Waals surface area contributed by atoms with Crippen molar-refractivity contribution in [3.05, 3.63) is 24.3 Å². The van der Waals surface area contributed by atoms with Crippen LogP contribution in [0.5, 0.6) is 0 Å². The number of ether oxygens (including phenoxy) is 2. The minimum Gasteiger partial charge on any atom is -0.461 e. The molecule has 2 saturated heterocycles. The minimum atomic E-state index is -1.24. The second-order valence-electron chi connectivity index (χ2n) is 8.75. The first-order valence-electron chi connectivity index (χ1n) is 10.8. The van der Waals surface area contributed by atoms with Crippen LogP contribution in [0.15, 0.2) is 24.3 Å². The highest BCUT2D eigenvalue weighted by molar-refractivity contribution is 5.99. The van der Waals surface area contributed by atoms with Crippen LogP contribution in [0.3, 0.4) is 0 Å². The summed E-state index contributed by atoms with van der Waals surface area (Å²) >= 11 is 0. The van der Waals surface area contributed by atoms with E-state index in [0.717, 1.165) is 0 Å². The number of carbonyl (C=O) groups excluding carboxylic acids is 3. The summed E-state index contributed by atoms with van der Waals surface area (Å²) in [5, 5.41) is 9.36. The molecule has 8 nitrogen and oxygen atoms in total. The highest BCUT2D eigenvalue weighted by Crippen LogP contribution is 2.58. The molecule has 1 spiro atoms. The van der Waals surface area contributed by atoms with Gasteiger partial charge in [0.25, 0.3) is 0 Å². The first kappa shape index (κ1) is 21.1. The van der Waals surface area contributed by atoms with E-state index in [-0.39, 0.29) is 37.6 Å². The lowest BCUT2D eigenvalue weighted by Crippen LogP contribution is -2.57. The van der Waals surface area contributed by atoms with E-state index >= 15 is 0 Å². The van der Waals surface area contributed by atoms with E-state index < -0.39 is 35.0 Å². The van der Waals surface area contributed by atoms with Crippen molar-refractivity contribution in [1.29, 1.82) is 0 Å². The zero-order valence-electron chi connectivity index (χ0n) is 17.7. The Bertz CT molecular complexity index is 807. The molecular formula is C22H30N2O6. The van der Waals surface area contributed by atoms with Gasteiger partial charge in [0, 0.05) is 25.7 Å². The highest BCUT2D eigenvalue weighted by Gasteiger charge is 2.75. The second kappa shape index (κ2) is 7.50. The lowest BCUT2D eigenvalue weighted by atomic mass is 9.73. The number of aliphatic hydroxyl groups is 1. The summed E-state index contributed by atoms with van der Waals surface area (Å²) in [6.07, 6.45) is 8.11. The number of hydrogen-bond acceptors (Lipinski definition) is 6. The Hall–Kier alpha value is -2.19. The first-order chi connectivity index (χ1) is 14.3. The van der Waals surface area contributed by atoms with Crippen molar-refractivity contribution in [3.8, 4) is 0 Å². The Morgan fingerprint density at radius 2 is 1.93 bits per heavy atom. The number of rotatable bonds is 5. The van der Waals surface area contributed by atoms with E-state index in [1.54, 1.807) is 11.0 Å². The maximum absolute atomic E-state index is 13.7. The van der Waals surface area contributed by atoms with Crippen LogP contribution in [0.4, 0.5) is 0 Å². The third-order valence-electron chi connectivity index (χ3n) is 6.91. The molecule has 164 valence electrons. The van der Waals surface area contributed by atoms with Crippen LogP contribution in [0, 0.1) is 11.8 Å². The van der Waals surface area contributed by atoms with Gasteiger partial charge in [0.05, 0.1) is 5.92 Å². The SMILES string of the molecule is CC[C@@]12C=CCOC(=O)[C@@H]1[C@H]1C(=O)N(CCCO)C3C(=O)N(C(C)C)CC=C[C@@]31O2. The number of carbonyl (C=O) groups is 3. The van der Waals surface area contributed by atoms with Crippen LogP contribution >= 0.6 is 0 Å². The molecule has 0 aliphatic carbocycles. The molecule has 30 heavy (non-hydrogen) atoms. The average molecular weight is 418 g/mol. The third-order valence-corrected chi connectivity index (χ3v) is 6.91. The zero-order valence-corrected chi connectivity index (χ0v) is 17.7. The monoisotopic (exact) mass is 418 g/mol. The zero-order chi connectivity index (χ0) is 21.7. The molecule has 2 amide bonds. The number of cyclic esters (lactones) is 1. The fourth-order valence-electron chi connectivity index (χ4n) is 5.56. The van der Waals surface area contributed by atoms with Crippen molar-refractivity contribution in [1.82, 2.24) is 9.80 Å². The van der Waals surface area contributed by atoms with Crippen LogP contribution in [0.2, 0.25) is 0 Å². The Labute approximate surface area is 176 Å². The van der Waals surface area contributed by atoms with Crippen molar-refractivity contribution >= 4 is 17.8 Å². The van der Waals surface area contributed by atoms with Crippen LogP contribution in [-0.2, 0) is 23.9 Å². The molecule has 0 aromatic heterocycles. The predicted octanol–water partition coefficient (Wildman–Crippen LogP) is 0.650. The maximum Gasteiger partial charge on any atom is 0.313 e. The Balaban J connectivity index is 1.88. The van der Waals surface area contributed by atoms with Gasteiger partial charge in [-0.25, -0.2) is 0 Å². The van der Waals surface area contributed by atoms with Gasteiger partial charge in [-0.1, -0.05) is 25.2 Å². The summed E-state index contributed by atoms with van der Waals surface area (Å²) in [5.41, 5.74) is -2.23. The Morgan fingerprint density at radius 3 is 2.60 bits per heavy atom. The molecule has 2 fully saturated rings. The molecule has 4 heterocycles. The summed E-state index contributed by atoms with van der Waals surface area (Å²) in [6, 6.07) is -0.928. The normalized spacial score (nSPS) is 37.8. The summed E-state index contributed by atoms with van der Waals surface area (Å²) in [6.45, 7) is 6.47. The number of hydrogen-bond donors (Lipinski definition) is 1. The largest absolute Gasteiger partial charge is 0.461 e. The summed E-state index contributed by atoms with van der Waals surface area (Å²) < 4.78 is 12.1. The third kappa shape index (κ3) is 2.76. The molecule has 4 aliphatic rings.